The third-order valence-corrected chi connectivity index (χ3v) is 3.34. The van der Waals surface area contributed by atoms with Crippen LogP contribution < -0.4 is 5.32 Å². The van der Waals surface area contributed by atoms with E-state index in [9.17, 15) is 0 Å². The Hall–Kier alpha value is -1.66. The number of likely N-dealkylation sites (N-methyl/N-ethyl adjacent to an activating group) is 1. The van der Waals surface area contributed by atoms with Crippen LogP contribution in [0.15, 0.2) is 21.3 Å². The van der Waals surface area contributed by atoms with Gasteiger partial charge in [0.25, 0.3) is 5.89 Å². The van der Waals surface area contributed by atoms with Crippen LogP contribution in [0.2, 0.25) is 0 Å². The Labute approximate surface area is 105 Å². The van der Waals surface area contributed by atoms with E-state index in [0.717, 1.165) is 36.8 Å². The van der Waals surface area contributed by atoms with E-state index in [0.29, 0.717) is 5.89 Å². The van der Waals surface area contributed by atoms with Crippen molar-refractivity contribution in [1.29, 1.82) is 0 Å². The summed E-state index contributed by atoms with van der Waals surface area (Å²) < 4.78 is 10.6. The zero-order chi connectivity index (χ0) is 12.5. The number of hydrogen-bond acceptors (Lipinski definition) is 6. The van der Waals surface area contributed by atoms with E-state index in [1.54, 1.807) is 6.26 Å². The van der Waals surface area contributed by atoms with Gasteiger partial charge in [0, 0.05) is 19.6 Å². The van der Waals surface area contributed by atoms with Crippen LogP contribution in [0, 0.1) is 6.92 Å². The number of hydrogen-bond donors (Lipinski definition) is 1. The molecule has 6 heteroatoms. The van der Waals surface area contributed by atoms with Crippen molar-refractivity contribution in [3.8, 4) is 11.5 Å². The Morgan fingerprint density at radius 3 is 3.11 bits per heavy atom. The Morgan fingerprint density at radius 1 is 1.50 bits per heavy atom. The SMILES string of the molecule is Cc1occc1-c1nc(C2CNCCN2C)no1. The van der Waals surface area contributed by atoms with Crippen LogP contribution in [0.5, 0.6) is 0 Å². The van der Waals surface area contributed by atoms with Crippen LogP contribution in [0.25, 0.3) is 11.5 Å². The average molecular weight is 248 g/mol. The highest BCUT2D eigenvalue weighted by atomic mass is 16.5. The average Bonchev–Trinajstić information content (AvgIpc) is 2.98. The first kappa shape index (κ1) is 11.4. The molecule has 3 heterocycles. The molecule has 0 radical (unpaired) electrons. The lowest BCUT2D eigenvalue weighted by Crippen LogP contribution is -2.44. The molecule has 6 nitrogen and oxygen atoms in total. The summed E-state index contributed by atoms with van der Waals surface area (Å²) in [5, 5.41) is 7.42. The molecule has 0 bridgehead atoms. The molecule has 1 N–H and O–H groups in total. The minimum absolute atomic E-state index is 0.170. The highest BCUT2D eigenvalue weighted by Gasteiger charge is 2.26. The maximum Gasteiger partial charge on any atom is 0.261 e. The highest BCUT2D eigenvalue weighted by Crippen LogP contribution is 2.25. The fourth-order valence-electron chi connectivity index (χ4n) is 2.18. The van der Waals surface area contributed by atoms with Gasteiger partial charge in [-0.05, 0) is 20.0 Å². The van der Waals surface area contributed by atoms with Crippen molar-refractivity contribution in [3.05, 3.63) is 23.9 Å². The fourth-order valence-corrected chi connectivity index (χ4v) is 2.18. The quantitative estimate of drug-likeness (QED) is 0.861. The maximum atomic E-state index is 5.32. The summed E-state index contributed by atoms with van der Waals surface area (Å²) in [6.07, 6.45) is 1.63. The van der Waals surface area contributed by atoms with Gasteiger partial charge in [0.05, 0.1) is 17.9 Å². The van der Waals surface area contributed by atoms with Gasteiger partial charge in [-0.2, -0.15) is 4.98 Å². The summed E-state index contributed by atoms with van der Waals surface area (Å²) in [6.45, 7) is 4.71. The van der Waals surface area contributed by atoms with Gasteiger partial charge in [0.2, 0.25) is 0 Å². The van der Waals surface area contributed by atoms with Gasteiger partial charge in [-0.15, -0.1) is 0 Å². The molecule has 96 valence electrons. The van der Waals surface area contributed by atoms with Gasteiger partial charge in [-0.25, -0.2) is 0 Å². The molecule has 0 spiro atoms. The molecule has 1 aliphatic rings. The van der Waals surface area contributed by atoms with E-state index < -0.39 is 0 Å². The van der Waals surface area contributed by atoms with Crippen molar-refractivity contribution in [2.24, 2.45) is 0 Å². The second kappa shape index (κ2) is 4.55. The standard InChI is InChI=1S/C12H16N4O2/c1-8-9(3-6-17-8)12-14-11(15-18-12)10-7-13-4-5-16(10)2/h3,6,10,13H,4-5,7H2,1-2H3. The maximum absolute atomic E-state index is 5.32. The first-order chi connectivity index (χ1) is 8.75. The molecule has 1 fully saturated rings. The Kier molecular flexibility index (Phi) is 2.89. The fraction of sp³-hybridized carbons (Fsp3) is 0.500. The smallest absolute Gasteiger partial charge is 0.261 e. The van der Waals surface area contributed by atoms with Gasteiger partial charge in [-0.3, -0.25) is 4.90 Å². The Morgan fingerprint density at radius 2 is 2.39 bits per heavy atom. The minimum Gasteiger partial charge on any atom is -0.469 e. The topological polar surface area (TPSA) is 67.3 Å². The predicted molar refractivity (Wildman–Crippen MR) is 65.0 cm³/mol. The van der Waals surface area contributed by atoms with Crippen molar-refractivity contribution >= 4 is 0 Å². The summed E-state index contributed by atoms with van der Waals surface area (Å²) in [7, 11) is 2.07. The summed E-state index contributed by atoms with van der Waals surface area (Å²) in [5.74, 6) is 2.04. The molecule has 2 aromatic heterocycles. The molecule has 1 saturated heterocycles. The van der Waals surface area contributed by atoms with E-state index in [4.69, 9.17) is 8.94 Å². The van der Waals surface area contributed by atoms with Crippen molar-refractivity contribution < 1.29 is 8.94 Å². The summed E-state index contributed by atoms with van der Waals surface area (Å²) >= 11 is 0. The van der Waals surface area contributed by atoms with Crippen molar-refractivity contribution in [1.82, 2.24) is 20.4 Å². The molecule has 0 saturated carbocycles. The van der Waals surface area contributed by atoms with Crippen LogP contribution in [0.1, 0.15) is 17.6 Å². The van der Waals surface area contributed by atoms with Crippen molar-refractivity contribution in [3.63, 3.8) is 0 Å². The molecule has 0 aromatic carbocycles. The Balaban J connectivity index is 1.87. The van der Waals surface area contributed by atoms with Crippen molar-refractivity contribution in [2.75, 3.05) is 26.7 Å². The second-order valence-corrected chi connectivity index (χ2v) is 4.55. The molecular formula is C12H16N4O2. The molecule has 2 aromatic rings. The van der Waals surface area contributed by atoms with E-state index >= 15 is 0 Å². The van der Waals surface area contributed by atoms with Gasteiger partial charge in [0.1, 0.15) is 5.76 Å². The molecule has 1 atom stereocenters. The molecule has 0 amide bonds. The summed E-state index contributed by atoms with van der Waals surface area (Å²) in [5.41, 5.74) is 0.861. The van der Waals surface area contributed by atoms with Crippen LogP contribution in [-0.2, 0) is 0 Å². The minimum atomic E-state index is 0.170. The van der Waals surface area contributed by atoms with Gasteiger partial charge < -0.3 is 14.3 Å². The van der Waals surface area contributed by atoms with Gasteiger partial charge >= 0.3 is 0 Å². The lowest BCUT2D eigenvalue weighted by atomic mass is 10.2. The number of piperazine rings is 1. The lowest BCUT2D eigenvalue weighted by Gasteiger charge is -2.30. The molecule has 0 aliphatic carbocycles. The third-order valence-electron chi connectivity index (χ3n) is 3.34. The van der Waals surface area contributed by atoms with Gasteiger partial charge in [-0.1, -0.05) is 5.16 Å². The van der Waals surface area contributed by atoms with Gasteiger partial charge in [0.15, 0.2) is 5.82 Å². The zero-order valence-electron chi connectivity index (χ0n) is 10.5. The summed E-state index contributed by atoms with van der Waals surface area (Å²) in [6, 6.07) is 2.01. The van der Waals surface area contributed by atoms with E-state index in [2.05, 4.69) is 27.4 Å². The monoisotopic (exact) mass is 248 g/mol. The number of nitrogens with zero attached hydrogens (tertiary/aromatic N) is 3. The first-order valence-electron chi connectivity index (χ1n) is 6.05. The number of aromatic nitrogens is 2. The van der Waals surface area contributed by atoms with Crippen molar-refractivity contribution in [2.45, 2.75) is 13.0 Å². The second-order valence-electron chi connectivity index (χ2n) is 4.55. The molecular weight excluding hydrogens is 232 g/mol. The normalized spacial score (nSPS) is 21.3. The first-order valence-corrected chi connectivity index (χ1v) is 6.05. The van der Waals surface area contributed by atoms with Crippen LogP contribution in [-0.4, -0.2) is 41.7 Å². The third kappa shape index (κ3) is 1.93. The molecule has 1 unspecified atom stereocenters. The predicted octanol–water partition coefficient (Wildman–Crippen LogP) is 1.21. The molecule has 18 heavy (non-hydrogen) atoms. The summed E-state index contributed by atoms with van der Waals surface area (Å²) in [4.78, 5) is 6.70. The number of furan rings is 1. The lowest BCUT2D eigenvalue weighted by molar-refractivity contribution is 0.190. The van der Waals surface area contributed by atoms with Crippen LogP contribution in [0.3, 0.4) is 0 Å². The van der Waals surface area contributed by atoms with Crippen LogP contribution in [0.4, 0.5) is 0 Å². The zero-order valence-corrected chi connectivity index (χ0v) is 10.5. The number of rotatable bonds is 2. The van der Waals surface area contributed by atoms with E-state index in [1.807, 2.05) is 13.0 Å². The molecule has 1 aliphatic heterocycles. The van der Waals surface area contributed by atoms with Crippen LogP contribution >= 0.6 is 0 Å². The van der Waals surface area contributed by atoms with E-state index in [-0.39, 0.29) is 6.04 Å². The van der Waals surface area contributed by atoms with E-state index in [1.165, 1.54) is 0 Å². The largest absolute Gasteiger partial charge is 0.469 e. The molecule has 3 rings (SSSR count). The highest BCUT2D eigenvalue weighted by molar-refractivity contribution is 5.54. The Bertz CT molecular complexity index is 534. The number of aryl methyl sites for hydroxylation is 1. The number of nitrogens with one attached hydrogen (secondary N) is 1.